The molecule has 1 saturated heterocycles. The Morgan fingerprint density at radius 1 is 1.71 bits per heavy atom. The molecule has 1 aromatic heterocycles. The molecule has 1 aromatic rings. The highest BCUT2D eigenvalue weighted by Gasteiger charge is 2.26. The van der Waals surface area contributed by atoms with E-state index in [4.69, 9.17) is 10.5 Å². The summed E-state index contributed by atoms with van der Waals surface area (Å²) in [6.07, 6.45) is 0.645. The van der Waals surface area contributed by atoms with Crippen molar-refractivity contribution >= 4 is 5.91 Å². The summed E-state index contributed by atoms with van der Waals surface area (Å²) in [5.41, 5.74) is 5.53. The summed E-state index contributed by atoms with van der Waals surface area (Å²) in [5.74, 6) is 0.777. The number of carbonyl (C=O) groups is 1. The van der Waals surface area contributed by atoms with Crippen molar-refractivity contribution in [2.24, 2.45) is 5.73 Å². The highest BCUT2D eigenvalue weighted by molar-refractivity contribution is 5.90. The lowest BCUT2D eigenvalue weighted by Gasteiger charge is -2.31. The molecule has 1 atom stereocenters. The lowest BCUT2D eigenvalue weighted by atomic mass is 10.2. The molecule has 0 radical (unpaired) electrons. The highest BCUT2D eigenvalue weighted by Crippen LogP contribution is 2.07. The SMILES string of the molecule is CCc1nc(C(=O)N2CCOC(CN)C2)n[nH]1. The van der Waals surface area contributed by atoms with Crippen LogP contribution >= 0.6 is 0 Å². The molecule has 1 fully saturated rings. The van der Waals surface area contributed by atoms with E-state index in [1.54, 1.807) is 4.90 Å². The average molecular weight is 239 g/mol. The number of nitrogens with two attached hydrogens (primary N) is 1. The molecule has 0 aromatic carbocycles. The van der Waals surface area contributed by atoms with Crippen molar-refractivity contribution < 1.29 is 9.53 Å². The largest absolute Gasteiger partial charge is 0.373 e. The van der Waals surface area contributed by atoms with E-state index >= 15 is 0 Å². The molecule has 2 rings (SSSR count). The van der Waals surface area contributed by atoms with E-state index in [1.165, 1.54) is 0 Å². The second-order valence-corrected chi connectivity index (χ2v) is 3.94. The minimum absolute atomic E-state index is 0.0858. The number of rotatable bonds is 3. The molecule has 0 aliphatic carbocycles. The van der Waals surface area contributed by atoms with Crippen LogP contribution in [-0.4, -0.2) is 58.3 Å². The van der Waals surface area contributed by atoms with Crippen molar-refractivity contribution in [3.05, 3.63) is 11.6 Å². The van der Waals surface area contributed by atoms with Crippen LogP contribution in [-0.2, 0) is 11.2 Å². The number of hydrogen-bond donors (Lipinski definition) is 2. The summed E-state index contributed by atoms with van der Waals surface area (Å²) in [6, 6.07) is 0. The number of carbonyl (C=O) groups excluding carboxylic acids is 1. The Morgan fingerprint density at radius 3 is 3.18 bits per heavy atom. The zero-order valence-corrected chi connectivity index (χ0v) is 9.85. The first-order valence-electron chi connectivity index (χ1n) is 5.76. The number of ether oxygens (including phenoxy) is 1. The van der Waals surface area contributed by atoms with Crippen LogP contribution in [0, 0.1) is 0 Å². The van der Waals surface area contributed by atoms with Gasteiger partial charge in [0.1, 0.15) is 5.82 Å². The third kappa shape index (κ3) is 2.62. The lowest BCUT2D eigenvalue weighted by Crippen LogP contribution is -2.48. The summed E-state index contributed by atoms with van der Waals surface area (Å²) in [7, 11) is 0. The highest BCUT2D eigenvalue weighted by atomic mass is 16.5. The van der Waals surface area contributed by atoms with Gasteiger partial charge in [0.15, 0.2) is 0 Å². The van der Waals surface area contributed by atoms with Gasteiger partial charge in [0.2, 0.25) is 5.82 Å². The molecule has 1 aliphatic heterocycles. The first-order chi connectivity index (χ1) is 8.24. The Bertz CT molecular complexity index is 392. The third-order valence-electron chi connectivity index (χ3n) is 2.75. The maximum absolute atomic E-state index is 12.1. The van der Waals surface area contributed by atoms with E-state index in [1.807, 2.05) is 6.92 Å². The molecule has 2 heterocycles. The molecule has 7 heteroatoms. The lowest BCUT2D eigenvalue weighted by molar-refractivity contribution is -0.0171. The number of amides is 1. The minimum atomic E-state index is -0.164. The van der Waals surface area contributed by atoms with Crippen molar-refractivity contribution in [1.29, 1.82) is 0 Å². The molecule has 17 heavy (non-hydrogen) atoms. The predicted molar refractivity (Wildman–Crippen MR) is 60.5 cm³/mol. The van der Waals surface area contributed by atoms with E-state index in [2.05, 4.69) is 15.2 Å². The number of nitrogens with zero attached hydrogens (tertiary/aromatic N) is 3. The summed E-state index contributed by atoms with van der Waals surface area (Å²) >= 11 is 0. The van der Waals surface area contributed by atoms with Gasteiger partial charge >= 0.3 is 0 Å². The van der Waals surface area contributed by atoms with Crippen LogP contribution in [0.5, 0.6) is 0 Å². The fourth-order valence-corrected chi connectivity index (χ4v) is 1.74. The fraction of sp³-hybridized carbons (Fsp3) is 0.700. The Kier molecular flexibility index (Phi) is 3.70. The van der Waals surface area contributed by atoms with Crippen molar-refractivity contribution in [3.63, 3.8) is 0 Å². The van der Waals surface area contributed by atoms with E-state index in [-0.39, 0.29) is 17.8 Å². The molecule has 0 bridgehead atoms. The van der Waals surface area contributed by atoms with Gasteiger partial charge in [-0.25, -0.2) is 4.98 Å². The molecule has 0 saturated carbocycles. The Labute approximate surface area is 99.3 Å². The van der Waals surface area contributed by atoms with Crippen LogP contribution in [0.1, 0.15) is 23.4 Å². The first-order valence-corrected chi connectivity index (χ1v) is 5.76. The summed E-state index contributed by atoms with van der Waals surface area (Å²) < 4.78 is 5.40. The molecular weight excluding hydrogens is 222 g/mol. The van der Waals surface area contributed by atoms with Crippen LogP contribution in [0.4, 0.5) is 0 Å². The Hall–Kier alpha value is -1.47. The number of hydrogen-bond acceptors (Lipinski definition) is 5. The van der Waals surface area contributed by atoms with Crippen molar-refractivity contribution in [1.82, 2.24) is 20.1 Å². The summed E-state index contributed by atoms with van der Waals surface area (Å²) in [4.78, 5) is 17.9. The zero-order chi connectivity index (χ0) is 12.3. The summed E-state index contributed by atoms with van der Waals surface area (Å²) in [5, 5.41) is 6.65. The van der Waals surface area contributed by atoms with E-state index < -0.39 is 0 Å². The Balaban J connectivity index is 2.03. The molecule has 0 spiro atoms. The summed E-state index contributed by atoms with van der Waals surface area (Å²) in [6.45, 7) is 3.95. The van der Waals surface area contributed by atoms with Gasteiger partial charge in [-0.1, -0.05) is 6.92 Å². The molecule has 3 N–H and O–H groups in total. The number of aromatic nitrogens is 3. The van der Waals surface area contributed by atoms with Crippen molar-refractivity contribution in [3.8, 4) is 0 Å². The smallest absolute Gasteiger partial charge is 0.293 e. The maximum atomic E-state index is 12.1. The topological polar surface area (TPSA) is 97.1 Å². The van der Waals surface area contributed by atoms with E-state index in [9.17, 15) is 4.79 Å². The molecule has 1 aliphatic rings. The predicted octanol–water partition coefficient (Wildman–Crippen LogP) is -0.833. The normalized spacial score (nSPS) is 20.6. The first kappa shape index (κ1) is 12.0. The standard InChI is InChI=1S/C10H17N5O2/c1-2-8-12-9(14-13-8)10(16)15-3-4-17-7(5-11)6-15/h7H,2-6,11H2,1H3,(H,12,13,14). The maximum Gasteiger partial charge on any atom is 0.293 e. The number of aryl methyl sites for hydroxylation is 1. The molecule has 94 valence electrons. The second kappa shape index (κ2) is 5.24. The van der Waals surface area contributed by atoms with Gasteiger partial charge in [-0.3, -0.25) is 9.89 Å². The molecular formula is C10H17N5O2. The number of nitrogens with one attached hydrogen (secondary N) is 1. The third-order valence-corrected chi connectivity index (χ3v) is 2.75. The molecule has 1 unspecified atom stereocenters. The quantitative estimate of drug-likeness (QED) is 0.717. The van der Waals surface area contributed by atoms with E-state index in [0.717, 1.165) is 12.2 Å². The molecule has 7 nitrogen and oxygen atoms in total. The number of H-pyrrole nitrogens is 1. The zero-order valence-electron chi connectivity index (χ0n) is 9.85. The van der Waals surface area contributed by atoms with Gasteiger partial charge in [-0.2, -0.15) is 0 Å². The van der Waals surface area contributed by atoms with Crippen LogP contribution in [0.25, 0.3) is 0 Å². The van der Waals surface area contributed by atoms with E-state index in [0.29, 0.717) is 26.2 Å². The van der Waals surface area contributed by atoms with Gasteiger partial charge in [0.25, 0.3) is 5.91 Å². The second-order valence-electron chi connectivity index (χ2n) is 3.94. The van der Waals surface area contributed by atoms with Crippen LogP contribution < -0.4 is 5.73 Å². The van der Waals surface area contributed by atoms with Crippen LogP contribution in [0.2, 0.25) is 0 Å². The van der Waals surface area contributed by atoms with Gasteiger partial charge in [-0.05, 0) is 0 Å². The average Bonchev–Trinajstić information content (AvgIpc) is 2.86. The van der Waals surface area contributed by atoms with Gasteiger partial charge in [0, 0.05) is 26.1 Å². The van der Waals surface area contributed by atoms with Crippen molar-refractivity contribution in [2.75, 3.05) is 26.2 Å². The van der Waals surface area contributed by atoms with Gasteiger partial charge < -0.3 is 15.4 Å². The van der Waals surface area contributed by atoms with Crippen LogP contribution in [0.3, 0.4) is 0 Å². The molecule has 1 amide bonds. The monoisotopic (exact) mass is 239 g/mol. The number of morpholine rings is 1. The van der Waals surface area contributed by atoms with Crippen LogP contribution in [0.15, 0.2) is 0 Å². The van der Waals surface area contributed by atoms with Crippen molar-refractivity contribution in [2.45, 2.75) is 19.4 Å². The number of aromatic amines is 1. The Morgan fingerprint density at radius 2 is 2.53 bits per heavy atom. The fourth-order valence-electron chi connectivity index (χ4n) is 1.74. The van der Waals surface area contributed by atoms with Gasteiger partial charge in [0.05, 0.1) is 12.7 Å². The van der Waals surface area contributed by atoms with Gasteiger partial charge in [-0.15, -0.1) is 5.10 Å². The minimum Gasteiger partial charge on any atom is -0.373 e.